The van der Waals surface area contributed by atoms with Gasteiger partial charge in [0.15, 0.2) is 6.29 Å². The Morgan fingerprint density at radius 1 is 1.30 bits per heavy atom. The first-order valence-corrected chi connectivity index (χ1v) is 10.6. The van der Waals surface area contributed by atoms with Crippen molar-refractivity contribution in [2.45, 2.75) is 41.9 Å². The lowest BCUT2D eigenvalue weighted by molar-refractivity contribution is -0.387. The van der Waals surface area contributed by atoms with Crippen LogP contribution in [0.25, 0.3) is 0 Å². The second kappa shape index (κ2) is 10.0. The first-order valence-electron chi connectivity index (χ1n) is 9.83. The van der Waals surface area contributed by atoms with Crippen LogP contribution in [0, 0.1) is 10.1 Å². The Morgan fingerprint density at radius 2 is 2.03 bits per heavy atom. The Morgan fingerprint density at radius 3 is 2.67 bits per heavy atom. The summed E-state index contributed by atoms with van der Waals surface area (Å²) in [7, 11) is 0. The van der Waals surface area contributed by atoms with Gasteiger partial charge in [-0.05, 0) is 50.2 Å². The second-order valence-electron chi connectivity index (χ2n) is 7.12. The van der Waals surface area contributed by atoms with E-state index in [4.69, 9.17) is 10.2 Å². The lowest BCUT2D eigenvalue weighted by atomic mass is 10.1. The van der Waals surface area contributed by atoms with Gasteiger partial charge >= 0.3 is 0 Å². The molecule has 160 valence electrons. The van der Waals surface area contributed by atoms with Crippen LogP contribution >= 0.6 is 11.8 Å². The molecule has 1 aliphatic heterocycles. The summed E-state index contributed by atoms with van der Waals surface area (Å²) in [5, 5.41) is 32.8. The smallest absolute Gasteiger partial charge is 0.284 e. The van der Waals surface area contributed by atoms with Gasteiger partial charge in [-0.2, -0.15) is 0 Å². The number of nitrogens with one attached hydrogen (secondary N) is 1. The molecule has 3 rings (SSSR count). The number of aliphatic hydroxyl groups excluding tert-OH is 1. The number of hydrogen-bond acceptors (Lipinski definition) is 7. The SMILES string of the molecule is CCN1CCCC1CNC(=O)c1ccc(Sc2ccc(C(O)O)cc2)c([N+](=O)[O-])c1. The van der Waals surface area contributed by atoms with Gasteiger partial charge in [0, 0.05) is 34.7 Å². The highest BCUT2D eigenvalue weighted by molar-refractivity contribution is 7.99. The minimum absolute atomic E-state index is 0.144. The fraction of sp³-hybridized carbons (Fsp3) is 0.381. The van der Waals surface area contributed by atoms with Crippen LogP contribution in [-0.4, -0.2) is 51.6 Å². The molecule has 0 aromatic heterocycles. The van der Waals surface area contributed by atoms with Gasteiger partial charge in [-0.1, -0.05) is 30.8 Å². The van der Waals surface area contributed by atoms with Crippen molar-refractivity contribution in [2.75, 3.05) is 19.6 Å². The molecule has 8 nitrogen and oxygen atoms in total. The minimum atomic E-state index is -1.56. The maximum atomic E-state index is 12.5. The lowest BCUT2D eigenvalue weighted by Crippen LogP contribution is -2.40. The lowest BCUT2D eigenvalue weighted by Gasteiger charge is -2.22. The number of carbonyl (C=O) groups is 1. The third-order valence-electron chi connectivity index (χ3n) is 5.23. The summed E-state index contributed by atoms with van der Waals surface area (Å²) in [5.74, 6) is -0.320. The van der Waals surface area contributed by atoms with Crippen molar-refractivity contribution in [1.29, 1.82) is 0 Å². The second-order valence-corrected chi connectivity index (χ2v) is 8.23. The molecule has 1 amide bonds. The summed E-state index contributed by atoms with van der Waals surface area (Å²) in [4.78, 5) is 27.0. The Balaban J connectivity index is 1.71. The molecule has 0 bridgehead atoms. The van der Waals surface area contributed by atoms with E-state index in [1.807, 2.05) is 0 Å². The van der Waals surface area contributed by atoms with Crippen LogP contribution in [0.1, 0.15) is 42.0 Å². The minimum Gasteiger partial charge on any atom is -0.364 e. The number of nitrogens with zero attached hydrogens (tertiary/aromatic N) is 2. The summed E-state index contributed by atoms with van der Waals surface area (Å²) in [6.07, 6.45) is 0.588. The zero-order valence-electron chi connectivity index (χ0n) is 16.7. The zero-order chi connectivity index (χ0) is 21.7. The van der Waals surface area contributed by atoms with E-state index >= 15 is 0 Å². The van der Waals surface area contributed by atoms with Crippen molar-refractivity contribution in [1.82, 2.24) is 10.2 Å². The van der Waals surface area contributed by atoms with Gasteiger partial charge in [0.05, 0.1) is 9.82 Å². The number of rotatable bonds is 8. The molecule has 1 atom stereocenters. The van der Waals surface area contributed by atoms with Crippen LogP contribution < -0.4 is 5.32 Å². The van der Waals surface area contributed by atoms with Crippen molar-refractivity contribution in [3.05, 3.63) is 63.7 Å². The van der Waals surface area contributed by atoms with Crippen molar-refractivity contribution >= 4 is 23.4 Å². The third kappa shape index (κ3) is 5.37. The van der Waals surface area contributed by atoms with Gasteiger partial charge in [-0.3, -0.25) is 19.8 Å². The molecule has 0 aliphatic carbocycles. The van der Waals surface area contributed by atoms with Gasteiger partial charge in [0.1, 0.15) is 0 Å². The first-order chi connectivity index (χ1) is 14.4. The molecule has 0 spiro atoms. The van der Waals surface area contributed by atoms with Gasteiger partial charge in [0.2, 0.25) is 0 Å². The van der Waals surface area contributed by atoms with Crippen LogP contribution in [-0.2, 0) is 0 Å². The van der Waals surface area contributed by atoms with E-state index < -0.39 is 11.2 Å². The van der Waals surface area contributed by atoms with Crippen molar-refractivity contribution in [3.8, 4) is 0 Å². The van der Waals surface area contributed by atoms with E-state index in [0.717, 1.165) is 25.9 Å². The van der Waals surface area contributed by atoms with E-state index in [0.29, 0.717) is 27.9 Å². The molecular weight excluding hydrogens is 406 g/mol. The van der Waals surface area contributed by atoms with Gasteiger partial charge in [-0.15, -0.1) is 0 Å². The molecular formula is C21H25N3O5S. The molecule has 1 saturated heterocycles. The van der Waals surface area contributed by atoms with E-state index in [9.17, 15) is 14.9 Å². The molecule has 0 radical (unpaired) electrons. The van der Waals surface area contributed by atoms with E-state index in [1.54, 1.807) is 36.4 Å². The molecule has 30 heavy (non-hydrogen) atoms. The molecule has 1 heterocycles. The number of likely N-dealkylation sites (N-methyl/N-ethyl adjacent to an activating group) is 1. The summed E-state index contributed by atoms with van der Waals surface area (Å²) < 4.78 is 0. The van der Waals surface area contributed by atoms with E-state index in [-0.39, 0.29) is 17.2 Å². The zero-order valence-corrected chi connectivity index (χ0v) is 17.5. The maximum absolute atomic E-state index is 12.5. The molecule has 0 saturated carbocycles. The summed E-state index contributed by atoms with van der Waals surface area (Å²) in [6, 6.07) is 11.2. The third-order valence-corrected chi connectivity index (χ3v) is 6.30. The van der Waals surface area contributed by atoms with Crippen molar-refractivity contribution in [2.24, 2.45) is 0 Å². The Bertz CT molecular complexity index is 904. The standard InChI is InChI=1S/C21H25N3O5S/c1-2-23-11-3-4-16(23)13-22-20(25)15-7-10-19(18(12-15)24(28)29)30-17-8-5-14(6-9-17)21(26)27/h5-10,12,16,21,26-27H,2-4,11,13H2,1H3,(H,22,25). The monoisotopic (exact) mass is 431 g/mol. The molecule has 2 aromatic rings. The fourth-order valence-electron chi connectivity index (χ4n) is 3.58. The van der Waals surface area contributed by atoms with E-state index in [1.165, 1.54) is 17.8 Å². The number of nitro groups is 1. The van der Waals surface area contributed by atoms with Crippen molar-refractivity contribution < 1.29 is 19.9 Å². The predicted octanol–water partition coefficient (Wildman–Crippen LogP) is 2.94. The van der Waals surface area contributed by atoms with Crippen molar-refractivity contribution in [3.63, 3.8) is 0 Å². The Labute approximate surface area is 179 Å². The Hall–Kier alpha value is -2.46. The number of aliphatic hydroxyl groups is 2. The molecule has 1 aliphatic rings. The number of benzene rings is 2. The number of amides is 1. The van der Waals surface area contributed by atoms with Crippen LogP contribution in [0.4, 0.5) is 5.69 Å². The molecule has 3 N–H and O–H groups in total. The quantitative estimate of drug-likeness (QED) is 0.334. The maximum Gasteiger partial charge on any atom is 0.284 e. The number of nitro benzene ring substituents is 1. The Kier molecular flexibility index (Phi) is 7.43. The van der Waals surface area contributed by atoms with Crippen LogP contribution in [0.3, 0.4) is 0 Å². The van der Waals surface area contributed by atoms with Gasteiger partial charge < -0.3 is 15.5 Å². The number of likely N-dealkylation sites (tertiary alicyclic amines) is 1. The summed E-state index contributed by atoms with van der Waals surface area (Å²) in [6.45, 7) is 4.60. The molecule has 2 aromatic carbocycles. The predicted molar refractivity (Wildman–Crippen MR) is 113 cm³/mol. The molecule has 1 unspecified atom stereocenters. The normalized spacial score (nSPS) is 16.7. The fourth-order valence-corrected chi connectivity index (χ4v) is 4.48. The van der Waals surface area contributed by atoms with Crippen LogP contribution in [0.15, 0.2) is 52.3 Å². The summed E-state index contributed by atoms with van der Waals surface area (Å²) in [5.41, 5.74) is 0.450. The highest BCUT2D eigenvalue weighted by atomic mass is 32.2. The highest BCUT2D eigenvalue weighted by Gasteiger charge is 2.24. The van der Waals surface area contributed by atoms with Crippen LogP contribution in [0.2, 0.25) is 0 Å². The summed E-state index contributed by atoms with van der Waals surface area (Å²) >= 11 is 1.18. The first kappa shape index (κ1) is 22.2. The number of hydrogen-bond donors (Lipinski definition) is 3. The number of carbonyl (C=O) groups excluding carboxylic acids is 1. The topological polar surface area (TPSA) is 116 Å². The molecule has 1 fully saturated rings. The van der Waals surface area contributed by atoms with E-state index in [2.05, 4.69) is 17.1 Å². The average molecular weight is 432 g/mol. The van der Waals surface area contributed by atoms with Gasteiger partial charge in [0.25, 0.3) is 11.6 Å². The molecule has 9 heteroatoms. The van der Waals surface area contributed by atoms with Gasteiger partial charge in [-0.25, -0.2) is 0 Å². The van der Waals surface area contributed by atoms with Crippen LogP contribution in [0.5, 0.6) is 0 Å². The largest absolute Gasteiger partial charge is 0.364 e. The highest BCUT2D eigenvalue weighted by Crippen LogP contribution is 2.35. The average Bonchev–Trinajstić information content (AvgIpc) is 3.20.